The minimum atomic E-state index is -3.30. The fourth-order valence-electron chi connectivity index (χ4n) is 1.73. The zero-order chi connectivity index (χ0) is 14.4. The number of phosphoric acid groups is 1. The van der Waals surface area contributed by atoms with E-state index < -0.39 is 7.82 Å². The van der Waals surface area contributed by atoms with Gasteiger partial charge in [0.25, 0.3) is 0 Å². The van der Waals surface area contributed by atoms with Gasteiger partial charge >= 0.3 is 7.82 Å². The summed E-state index contributed by atoms with van der Waals surface area (Å²) in [5.41, 5.74) is 0. The maximum absolute atomic E-state index is 12.0. The molecule has 0 aliphatic carbocycles. The molecule has 0 saturated heterocycles. The average Bonchev–Trinajstić information content (AvgIpc) is 2.42. The lowest BCUT2D eigenvalue weighted by atomic mass is 10.2. The first-order valence-corrected chi connectivity index (χ1v) is 9.09. The van der Waals surface area contributed by atoms with Gasteiger partial charge in [0.05, 0.1) is 13.2 Å². The molecule has 5 heteroatoms. The Hall–Kier alpha value is 0.110. The van der Waals surface area contributed by atoms with Gasteiger partial charge < -0.3 is 0 Å². The first kappa shape index (κ1) is 19.1. The first-order chi connectivity index (χ1) is 9.18. The van der Waals surface area contributed by atoms with Crippen LogP contribution in [0.2, 0.25) is 0 Å². The van der Waals surface area contributed by atoms with Gasteiger partial charge in [-0.3, -0.25) is 13.6 Å². The molecular formula is C14H31O4P. The molecule has 0 bridgehead atoms. The zero-order valence-electron chi connectivity index (χ0n) is 12.9. The minimum Gasteiger partial charge on any atom is -0.290 e. The van der Waals surface area contributed by atoms with Crippen molar-refractivity contribution in [3.8, 4) is 0 Å². The SMILES string of the molecule is CCCCCCCOP(=O)(OC)OCCCCCC. The van der Waals surface area contributed by atoms with Gasteiger partial charge in [0.2, 0.25) is 0 Å². The summed E-state index contributed by atoms with van der Waals surface area (Å²) >= 11 is 0. The van der Waals surface area contributed by atoms with E-state index in [1.165, 1.54) is 39.2 Å². The van der Waals surface area contributed by atoms with Crippen LogP contribution in [0.25, 0.3) is 0 Å². The van der Waals surface area contributed by atoms with E-state index in [0.717, 1.165) is 25.7 Å². The van der Waals surface area contributed by atoms with Crippen LogP contribution in [0.5, 0.6) is 0 Å². The Kier molecular flexibility index (Phi) is 13.2. The topological polar surface area (TPSA) is 44.8 Å². The van der Waals surface area contributed by atoms with Gasteiger partial charge in [-0.2, -0.15) is 0 Å². The van der Waals surface area contributed by atoms with Gasteiger partial charge in [-0.05, 0) is 12.8 Å². The van der Waals surface area contributed by atoms with Crippen LogP contribution in [0.15, 0.2) is 0 Å². The van der Waals surface area contributed by atoms with E-state index >= 15 is 0 Å². The molecular weight excluding hydrogens is 263 g/mol. The van der Waals surface area contributed by atoms with E-state index in [0.29, 0.717) is 13.2 Å². The van der Waals surface area contributed by atoms with Crippen LogP contribution in [0.4, 0.5) is 0 Å². The molecule has 0 spiro atoms. The molecule has 0 amide bonds. The average molecular weight is 294 g/mol. The molecule has 0 N–H and O–H groups in total. The van der Waals surface area contributed by atoms with E-state index in [9.17, 15) is 4.57 Å². The molecule has 4 nitrogen and oxygen atoms in total. The predicted octanol–water partition coefficient (Wildman–Crippen LogP) is 5.32. The monoisotopic (exact) mass is 294 g/mol. The van der Waals surface area contributed by atoms with E-state index in [1.54, 1.807) is 0 Å². The van der Waals surface area contributed by atoms with Crippen LogP contribution >= 0.6 is 7.82 Å². The highest BCUT2D eigenvalue weighted by atomic mass is 31.2. The summed E-state index contributed by atoms with van der Waals surface area (Å²) in [6, 6.07) is 0. The lowest BCUT2D eigenvalue weighted by molar-refractivity contribution is 0.127. The molecule has 0 fully saturated rings. The Balaban J connectivity index is 3.62. The second kappa shape index (κ2) is 13.1. The van der Waals surface area contributed by atoms with Crippen molar-refractivity contribution in [2.24, 2.45) is 0 Å². The zero-order valence-corrected chi connectivity index (χ0v) is 13.8. The Bertz CT molecular complexity index is 233. The Morgan fingerprint density at radius 1 is 0.737 bits per heavy atom. The molecule has 1 atom stereocenters. The van der Waals surface area contributed by atoms with E-state index in [4.69, 9.17) is 13.6 Å². The Morgan fingerprint density at radius 2 is 1.16 bits per heavy atom. The van der Waals surface area contributed by atoms with E-state index in [-0.39, 0.29) is 0 Å². The second-order valence-corrected chi connectivity index (χ2v) is 6.55. The van der Waals surface area contributed by atoms with Crippen molar-refractivity contribution in [1.82, 2.24) is 0 Å². The number of phosphoric ester groups is 1. The first-order valence-electron chi connectivity index (χ1n) is 7.63. The lowest BCUT2D eigenvalue weighted by Gasteiger charge is -2.15. The third kappa shape index (κ3) is 11.6. The largest absolute Gasteiger partial charge is 0.474 e. The van der Waals surface area contributed by atoms with Crippen LogP contribution in [-0.4, -0.2) is 20.3 Å². The van der Waals surface area contributed by atoms with Gasteiger partial charge in [-0.15, -0.1) is 0 Å². The van der Waals surface area contributed by atoms with Crippen LogP contribution in [0.1, 0.15) is 71.6 Å². The van der Waals surface area contributed by atoms with Crippen molar-refractivity contribution in [1.29, 1.82) is 0 Å². The highest BCUT2D eigenvalue weighted by molar-refractivity contribution is 7.48. The van der Waals surface area contributed by atoms with Crippen LogP contribution < -0.4 is 0 Å². The lowest BCUT2D eigenvalue weighted by Crippen LogP contribution is -2.01. The maximum atomic E-state index is 12.0. The molecule has 0 radical (unpaired) electrons. The third-order valence-corrected chi connectivity index (χ3v) is 4.41. The molecule has 0 aliphatic heterocycles. The molecule has 0 aromatic heterocycles. The molecule has 19 heavy (non-hydrogen) atoms. The molecule has 116 valence electrons. The van der Waals surface area contributed by atoms with Crippen molar-refractivity contribution < 1.29 is 18.1 Å². The van der Waals surface area contributed by atoms with Crippen LogP contribution in [0, 0.1) is 0 Å². The van der Waals surface area contributed by atoms with Crippen molar-refractivity contribution >= 4 is 7.82 Å². The summed E-state index contributed by atoms with van der Waals surface area (Å²) in [4.78, 5) is 0. The van der Waals surface area contributed by atoms with Crippen molar-refractivity contribution in [3.05, 3.63) is 0 Å². The highest BCUT2D eigenvalue weighted by Crippen LogP contribution is 2.48. The Morgan fingerprint density at radius 3 is 1.58 bits per heavy atom. The molecule has 0 aromatic carbocycles. The third-order valence-electron chi connectivity index (χ3n) is 2.97. The predicted molar refractivity (Wildman–Crippen MR) is 79.4 cm³/mol. The van der Waals surface area contributed by atoms with Crippen LogP contribution in [-0.2, 0) is 18.1 Å². The fourth-order valence-corrected chi connectivity index (χ4v) is 2.72. The summed E-state index contributed by atoms with van der Waals surface area (Å²) in [6.07, 6.45) is 10.0. The number of hydrogen-bond acceptors (Lipinski definition) is 4. The van der Waals surface area contributed by atoms with E-state index in [1.807, 2.05) is 0 Å². The number of unbranched alkanes of at least 4 members (excludes halogenated alkanes) is 7. The van der Waals surface area contributed by atoms with Crippen LogP contribution in [0.3, 0.4) is 0 Å². The number of rotatable bonds is 14. The molecule has 0 rings (SSSR count). The summed E-state index contributed by atoms with van der Waals surface area (Å²) in [5, 5.41) is 0. The maximum Gasteiger partial charge on any atom is 0.474 e. The number of hydrogen-bond donors (Lipinski definition) is 0. The van der Waals surface area contributed by atoms with Crippen molar-refractivity contribution in [2.75, 3.05) is 20.3 Å². The van der Waals surface area contributed by atoms with E-state index in [2.05, 4.69) is 13.8 Å². The summed E-state index contributed by atoms with van der Waals surface area (Å²) in [5.74, 6) is 0. The standard InChI is InChI=1S/C14H31O4P/c1-4-6-8-10-12-14-18-19(15,16-3)17-13-11-9-7-5-2/h4-14H2,1-3H3. The highest BCUT2D eigenvalue weighted by Gasteiger charge is 2.23. The molecule has 0 aromatic rings. The smallest absolute Gasteiger partial charge is 0.290 e. The minimum absolute atomic E-state index is 0.445. The van der Waals surface area contributed by atoms with Gasteiger partial charge in [0.1, 0.15) is 0 Å². The summed E-state index contributed by atoms with van der Waals surface area (Å²) in [7, 11) is -1.93. The summed E-state index contributed by atoms with van der Waals surface area (Å²) < 4.78 is 27.5. The van der Waals surface area contributed by atoms with Gasteiger partial charge in [-0.25, -0.2) is 4.57 Å². The second-order valence-electron chi connectivity index (χ2n) is 4.77. The Labute approximate surface area is 118 Å². The molecule has 0 saturated carbocycles. The van der Waals surface area contributed by atoms with Gasteiger partial charge in [0.15, 0.2) is 0 Å². The molecule has 0 aliphatic rings. The summed E-state index contributed by atoms with van der Waals surface area (Å²) in [6.45, 7) is 5.23. The molecule has 0 heterocycles. The normalized spacial score (nSPS) is 14.5. The van der Waals surface area contributed by atoms with Gasteiger partial charge in [-0.1, -0.05) is 58.8 Å². The van der Waals surface area contributed by atoms with Crippen molar-refractivity contribution in [3.63, 3.8) is 0 Å². The van der Waals surface area contributed by atoms with Crippen molar-refractivity contribution in [2.45, 2.75) is 71.6 Å². The fraction of sp³-hybridized carbons (Fsp3) is 1.00. The molecule has 1 unspecified atom stereocenters. The quantitative estimate of drug-likeness (QED) is 0.321. The van der Waals surface area contributed by atoms with Gasteiger partial charge in [0, 0.05) is 7.11 Å².